The molecule has 0 aromatic heterocycles. The first-order valence-corrected chi connectivity index (χ1v) is 15.2. The van der Waals surface area contributed by atoms with Crippen molar-refractivity contribution in [1.82, 2.24) is 0 Å². The van der Waals surface area contributed by atoms with Gasteiger partial charge in [-0.25, -0.2) is 0 Å². The van der Waals surface area contributed by atoms with Crippen LogP contribution in [-0.4, -0.2) is 71.2 Å². The third-order valence-corrected chi connectivity index (χ3v) is 6.83. The smallest absolute Gasteiger partial charge is 0.309 e. The standard InChI is InChI=1S/C26H54NO7P/c1-6-8-9-10-11-12-13-14-15-16-18-25(17-7-2)26(28)32-23-21-31-22-24-34-35(29,30)33-20-19-27(3,4)5/h25H,6-24H2,1-5H3. The van der Waals surface area contributed by atoms with Crippen LogP contribution in [0.3, 0.4) is 0 Å². The van der Waals surface area contributed by atoms with E-state index in [1.807, 2.05) is 21.1 Å². The van der Waals surface area contributed by atoms with Crippen LogP contribution in [0.25, 0.3) is 0 Å². The molecule has 0 saturated carbocycles. The highest BCUT2D eigenvalue weighted by atomic mass is 31.2. The average molecular weight is 524 g/mol. The van der Waals surface area contributed by atoms with Gasteiger partial charge in [0.05, 0.1) is 46.9 Å². The molecule has 2 unspecified atom stereocenters. The number of unbranched alkanes of at least 4 members (excludes halogenated alkanes) is 9. The number of likely N-dealkylation sites (N-methyl/N-ethyl adjacent to an activating group) is 1. The highest BCUT2D eigenvalue weighted by Gasteiger charge is 2.18. The molecule has 0 fully saturated rings. The lowest BCUT2D eigenvalue weighted by Crippen LogP contribution is -2.37. The van der Waals surface area contributed by atoms with Crippen molar-refractivity contribution in [2.75, 3.05) is 60.7 Å². The Labute approximate surface area is 215 Å². The molecule has 35 heavy (non-hydrogen) atoms. The van der Waals surface area contributed by atoms with E-state index < -0.39 is 7.82 Å². The van der Waals surface area contributed by atoms with Crippen molar-refractivity contribution < 1.29 is 37.3 Å². The first-order chi connectivity index (χ1) is 16.6. The molecule has 0 aromatic carbocycles. The fraction of sp³-hybridized carbons (Fsp3) is 0.962. The molecule has 0 spiro atoms. The van der Waals surface area contributed by atoms with Crippen LogP contribution in [0.1, 0.15) is 97.3 Å². The Bertz CT molecular complexity index is 554. The summed E-state index contributed by atoms with van der Waals surface area (Å²) in [6, 6.07) is 0. The fourth-order valence-corrected chi connectivity index (χ4v) is 4.38. The molecule has 0 saturated heterocycles. The second-order valence-electron chi connectivity index (χ2n) is 10.4. The molecular weight excluding hydrogens is 469 g/mol. The summed E-state index contributed by atoms with van der Waals surface area (Å²) in [4.78, 5) is 24.1. The molecule has 0 aliphatic carbocycles. The van der Waals surface area contributed by atoms with Gasteiger partial charge in [-0.3, -0.25) is 9.36 Å². The van der Waals surface area contributed by atoms with Crippen LogP contribution in [0.4, 0.5) is 0 Å². The fourth-order valence-electron chi connectivity index (χ4n) is 3.70. The van der Waals surface area contributed by atoms with Gasteiger partial charge in [0.1, 0.15) is 19.8 Å². The third kappa shape index (κ3) is 23.6. The van der Waals surface area contributed by atoms with E-state index in [0.717, 1.165) is 25.7 Å². The van der Waals surface area contributed by atoms with E-state index in [-0.39, 0.29) is 44.9 Å². The summed E-state index contributed by atoms with van der Waals surface area (Å²) >= 11 is 0. The molecule has 210 valence electrons. The Morgan fingerprint density at radius 3 is 1.86 bits per heavy atom. The maximum atomic E-state index is 12.4. The van der Waals surface area contributed by atoms with E-state index in [2.05, 4.69) is 13.8 Å². The van der Waals surface area contributed by atoms with Gasteiger partial charge in [-0.15, -0.1) is 0 Å². The van der Waals surface area contributed by atoms with Gasteiger partial charge >= 0.3 is 5.97 Å². The first kappa shape index (κ1) is 34.5. The Morgan fingerprint density at radius 2 is 1.29 bits per heavy atom. The van der Waals surface area contributed by atoms with Crippen molar-refractivity contribution in [2.24, 2.45) is 5.92 Å². The Balaban J connectivity index is 3.81. The Kier molecular flexibility index (Phi) is 21.3. The lowest BCUT2D eigenvalue weighted by Gasteiger charge is -2.27. The zero-order valence-electron chi connectivity index (χ0n) is 23.3. The number of rotatable bonds is 25. The monoisotopic (exact) mass is 523 g/mol. The van der Waals surface area contributed by atoms with Crippen LogP contribution in [-0.2, 0) is 27.9 Å². The van der Waals surface area contributed by atoms with Gasteiger partial charge in [0, 0.05) is 0 Å². The van der Waals surface area contributed by atoms with Crippen LogP contribution < -0.4 is 4.89 Å². The van der Waals surface area contributed by atoms with Crippen LogP contribution in [0.2, 0.25) is 0 Å². The number of quaternary nitrogens is 1. The maximum Gasteiger partial charge on any atom is 0.309 e. The zero-order chi connectivity index (χ0) is 26.4. The van der Waals surface area contributed by atoms with E-state index in [1.165, 1.54) is 57.8 Å². The molecule has 0 aliphatic rings. The number of nitrogens with zero attached hydrogens (tertiary/aromatic N) is 1. The SMILES string of the molecule is CCCCCCCCCCCCC(CCC)C(=O)OCCOCCOP(=O)([O-])OCC[N+](C)(C)C. The van der Waals surface area contributed by atoms with Gasteiger partial charge in [-0.05, 0) is 12.8 Å². The summed E-state index contributed by atoms with van der Waals surface area (Å²) in [6.07, 6.45) is 15.5. The van der Waals surface area contributed by atoms with Crippen molar-refractivity contribution in [3.05, 3.63) is 0 Å². The number of ether oxygens (including phenoxy) is 2. The lowest BCUT2D eigenvalue weighted by molar-refractivity contribution is -0.870. The molecular formula is C26H54NO7P. The van der Waals surface area contributed by atoms with E-state index >= 15 is 0 Å². The highest BCUT2D eigenvalue weighted by molar-refractivity contribution is 7.45. The van der Waals surface area contributed by atoms with E-state index in [4.69, 9.17) is 18.5 Å². The summed E-state index contributed by atoms with van der Waals surface area (Å²) in [7, 11) is 1.52. The molecule has 0 radical (unpaired) electrons. The molecule has 9 heteroatoms. The Hall–Kier alpha value is -0.500. The molecule has 0 bridgehead atoms. The van der Waals surface area contributed by atoms with Crippen LogP contribution in [0, 0.1) is 5.92 Å². The number of hydrogen-bond acceptors (Lipinski definition) is 7. The summed E-state index contributed by atoms with van der Waals surface area (Å²) in [5.41, 5.74) is 0. The van der Waals surface area contributed by atoms with Gasteiger partial charge in [0.15, 0.2) is 0 Å². The topological polar surface area (TPSA) is 94.1 Å². The van der Waals surface area contributed by atoms with Crippen molar-refractivity contribution in [3.63, 3.8) is 0 Å². The number of carbonyl (C=O) groups is 1. The second-order valence-corrected chi connectivity index (χ2v) is 11.8. The molecule has 0 N–H and O–H groups in total. The van der Waals surface area contributed by atoms with Crippen LogP contribution >= 0.6 is 7.82 Å². The second kappa shape index (κ2) is 21.6. The van der Waals surface area contributed by atoms with E-state index in [0.29, 0.717) is 11.0 Å². The quantitative estimate of drug-likeness (QED) is 0.0677. The lowest BCUT2D eigenvalue weighted by atomic mass is 9.96. The molecule has 2 atom stereocenters. The average Bonchev–Trinajstić information content (AvgIpc) is 2.77. The van der Waals surface area contributed by atoms with Gasteiger partial charge in [-0.1, -0.05) is 84.5 Å². The minimum absolute atomic E-state index is 0.0485. The van der Waals surface area contributed by atoms with Gasteiger partial charge in [0.2, 0.25) is 0 Å². The van der Waals surface area contributed by atoms with Gasteiger partial charge in [0.25, 0.3) is 7.82 Å². The normalized spacial score (nSPS) is 14.6. The van der Waals surface area contributed by atoms with Crippen LogP contribution in [0.5, 0.6) is 0 Å². The molecule has 8 nitrogen and oxygen atoms in total. The third-order valence-electron chi connectivity index (χ3n) is 5.84. The molecule has 0 aromatic rings. The van der Waals surface area contributed by atoms with Crippen molar-refractivity contribution in [1.29, 1.82) is 0 Å². The predicted molar refractivity (Wildman–Crippen MR) is 139 cm³/mol. The predicted octanol–water partition coefficient (Wildman–Crippen LogP) is 5.48. The zero-order valence-corrected chi connectivity index (χ0v) is 24.2. The number of esters is 1. The first-order valence-electron chi connectivity index (χ1n) is 13.8. The van der Waals surface area contributed by atoms with Crippen molar-refractivity contribution in [2.45, 2.75) is 97.3 Å². The minimum Gasteiger partial charge on any atom is -0.756 e. The molecule has 0 amide bonds. The number of carbonyl (C=O) groups excluding carboxylic acids is 1. The van der Waals surface area contributed by atoms with E-state index in [9.17, 15) is 14.3 Å². The molecule has 0 aliphatic heterocycles. The van der Waals surface area contributed by atoms with E-state index in [1.54, 1.807) is 0 Å². The highest BCUT2D eigenvalue weighted by Crippen LogP contribution is 2.37. The summed E-state index contributed by atoms with van der Waals surface area (Å²) in [5, 5.41) is 0. The summed E-state index contributed by atoms with van der Waals surface area (Å²) in [5.74, 6) is -0.204. The summed E-state index contributed by atoms with van der Waals surface area (Å²) < 4.78 is 32.6. The van der Waals surface area contributed by atoms with Gasteiger partial charge in [-0.2, -0.15) is 0 Å². The van der Waals surface area contributed by atoms with Gasteiger partial charge < -0.3 is 27.9 Å². The van der Waals surface area contributed by atoms with Crippen LogP contribution in [0.15, 0.2) is 0 Å². The molecule has 0 heterocycles. The van der Waals surface area contributed by atoms with Crippen molar-refractivity contribution >= 4 is 13.8 Å². The number of phosphoric ester groups is 1. The maximum absolute atomic E-state index is 12.4. The largest absolute Gasteiger partial charge is 0.756 e. The minimum atomic E-state index is -4.32. The number of hydrogen-bond donors (Lipinski definition) is 0. The van der Waals surface area contributed by atoms with Crippen molar-refractivity contribution in [3.8, 4) is 0 Å². The number of phosphoric acid groups is 1. The molecule has 0 rings (SSSR count). The summed E-state index contributed by atoms with van der Waals surface area (Å²) in [6.45, 7) is 5.27. The Morgan fingerprint density at radius 1 is 0.743 bits per heavy atom.